The van der Waals surface area contributed by atoms with Crippen molar-refractivity contribution < 1.29 is 9.53 Å². The van der Waals surface area contributed by atoms with Crippen LogP contribution in [0.3, 0.4) is 0 Å². The maximum Gasteiger partial charge on any atom is 0.339 e. The smallest absolute Gasteiger partial charge is 0.339 e. The lowest BCUT2D eigenvalue weighted by Gasteiger charge is -2.17. The highest BCUT2D eigenvalue weighted by Gasteiger charge is 2.37. The average Bonchev–Trinajstić information content (AvgIpc) is 2.87. The Morgan fingerprint density at radius 3 is 2.71 bits per heavy atom. The first-order valence-electron chi connectivity index (χ1n) is 5.48. The van der Waals surface area contributed by atoms with Gasteiger partial charge in [-0.2, -0.15) is 11.3 Å². The quantitative estimate of drug-likeness (QED) is 0.713. The van der Waals surface area contributed by atoms with Crippen molar-refractivity contribution in [3.05, 3.63) is 46.2 Å². The van der Waals surface area contributed by atoms with Crippen LogP contribution < -0.4 is 0 Å². The zero-order chi connectivity index (χ0) is 12.0. The number of cyclic esters (lactones) is 1. The number of esters is 1. The van der Waals surface area contributed by atoms with Crippen LogP contribution in [0.25, 0.3) is 11.1 Å². The minimum Gasteiger partial charge on any atom is -0.451 e. The Balaban J connectivity index is 2.17. The summed E-state index contributed by atoms with van der Waals surface area (Å²) in [6, 6.07) is 7.97. The number of hydrogen-bond acceptors (Lipinski definition) is 3. The fraction of sp³-hybridized carbons (Fsp3) is 0.214. The summed E-state index contributed by atoms with van der Waals surface area (Å²) >= 11 is 1.67. The Bertz CT molecular complexity index is 582. The van der Waals surface area contributed by atoms with Crippen molar-refractivity contribution in [2.45, 2.75) is 19.4 Å². The van der Waals surface area contributed by atoms with Gasteiger partial charge in [-0.15, -0.1) is 0 Å². The molecule has 0 amide bonds. The molecule has 0 aliphatic carbocycles. The highest BCUT2D eigenvalue weighted by molar-refractivity contribution is 7.08. The van der Waals surface area contributed by atoms with Gasteiger partial charge in [0.1, 0.15) is 5.60 Å². The molecule has 0 fully saturated rings. The first kappa shape index (κ1) is 10.5. The molecule has 0 radical (unpaired) electrons. The summed E-state index contributed by atoms with van der Waals surface area (Å²) in [5, 5.41) is 4.15. The van der Waals surface area contributed by atoms with Gasteiger partial charge in [0, 0.05) is 5.56 Å². The molecule has 1 aromatic carbocycles. The highest BCUT2D eigenvalue weighted by Crippen LogP contribution is 2.38. The van der Waals surface area contributed by atoms with E-state index in [1.807, 2.05) is 26.0 Å². The van der Waals surface area contributed by atoms with E-state index < -0.39 is 5.60 Å². The molecule has 2 heterocycles. The van der Waals surface area contributed by atoms with Gasteiger partial charge in [-0.05, 0) is 53.9 Å². The molecule has 0 N–H and O–H groups in total. The summed E-state index contributed by atoms with van der Waals surface area (Å²) in [7, 11) is 0. The van der Waals surface area contributed by atoms with E-state index >= 15 is 0 Å². The topological polar surface area (TPSA) is 26.3 Å². The van der Waals surface area contributed by atoms with Crippen molar-refractivity contribution in [3.8, 4) is 11.1 Å². The van der Waals surface area contributed by atoms with Crippen molar-refractivity contribution >= 4 is 17.3 Å². The third-order valence-electron chi connectivity index (χ3n) is 3.09. The number of thiophene rings is 1. The molecule has 2 aromatic rings. The van der Waals surface area contributed by atoms with Crippen LogP contribution in [0.5, 0.6) is 0 Å². The van der Waals surface area contributed by atoms with Gasteiger partial charge >= 0.3 is 5.97 Å². The van der Waals surface area contributed by atoms with E-state index in [0.29, 0.717) is 5.56 Å². The van der Waals surface area contributed by atoms with Crippen molar-refractivity contribution in [1.82, 2.24) is 0 Å². The number of carbonyl (C=O) groups is 1. The summed E-state index contributed by atoms with van der Waals surface area (Å²) in [6.07, 6.45) is 0. The monoisotopic (exact) mass is 244 g/mol. The second-order valence-corrected chi connectivity index (χ2v) is 5.45. The van der Waals surface area contributed by atoms with Gasteiger partial charge in [0.15, 0.2) is 0 Å². The van der Waals surface area contributed by atoms with Crippen molar-refractivity contribution in [2.24, 2.45) is 0 Å². The standard InChI is InChI=1S/C14H12O2S/c1-14(2)12-7-9(10-5-6-17-8-10)3-4-11(12)13(15)16-14/h3-8H,1-2H3. The van der Waals surface area contributed by atoms with Crippen molar-refractivity contribution in [1.29, 1.82) is 0 Å². The summed E-state index contributed by atoms with van der Waals surface area (Å²) in [4.78, 5) is 11.7. The van der Waals surface area contributed by atoms with Crippen LogP contribution in [0, 0.1) is 0 Å². The molecular formula is C14H12O2S. The van der Waals surface area contributed by atoms with Crippen molar-refractivity contribution in [3.63, 3.8) is 0 Å². The summed E-state index contributed by atoms with van der Waals surface area (Å²) in [5.41, 5.74) is 3.47. The second-order valence-electron chi connectivity index (χ2n) is 4.67. The number of carbonyl (C=O) groups excluding carboxylic acids is 1. The van der Waals surface area contributed by atoms with Gasteiger partial charge in [0.05, 0.1) is 5.56 Å². The average molecular weight is 244 g/mol. The van der Waals surface area contributed by atoms with Gasteiger partial charge in [0.2, 0.25) is 0 Å². The first-order chi connectivity index (χ1) is 8.08. The zero-order valence-electron chi connectivity index (χ0n) is 9.69. The molecule has 1 aliphatic heterocycles. The lowest BCUT2D eigenvalue weighted by Crippen LogP contribution is -2.16. The molecule has 2 nitrogen and oxygen atoms in total. The van der Waals surface area contributed by atoms with Gasteiger partial charge in [0.25, 0.3) is 0 Å². The molecule has 0 atom stereocenters. The van der Waals surface area contributed by atoms with Crippen molar-refractivity contribution in [2.75, 3.05) is 0 Å². The summed E-state index contributed by atoms with van der Waals surface area (Å²) in [5.74, 6) is -0.220. The van der Waals surface area contributed by atoms with E-state index in [4.69, 9.17) is 4.74 Å². The molecule has 0 spiro atoms. The van der Waals surface area contributed by atoms with Crippen LogP contribution in [0.4, 0.5) is 0 Å². The van der Waals surface area contributed by atoms with Gasteiger partial charge < -0.3 is 4.74 Å². The van der Waals surface area contributed by atoms with Gasteiger partial charge in [-0.1, -0.05) is 6.07 Å². The number of fused-ring (bicyclic) bond motifs is 1. The molecule has 1 aliphatic rings. The molecule has 0 bridgehead atoms. The SMILES string of the molecule is CC1(C)OC(=O)c2ccc(-c3ccsc3)cc21. The normalized spacial score (nSPS) is 16.7. The Morgan fingerprint density at radius 1 is 1.18 bits per heavy atom. The zero-order valence-corrected chi connectivity index (χ0v) is 10.5. The predicted octanol–water partition coefficient (Wildman–Crippen LogP) is 3.82. The molecule has 0 saturated heterocycles. The summed E-state index contributed by atoms with van der Waals surface area (Å²) in [6.45, 7) is 3.85. The molecule has 3 heteroatoms. The van der Waals surface area contributed by atoms with Gasteiger partial charge in [-0.3, -0.25) is 0 Å². The van der Waals surface area contributed by atoms with Crippen LogP contribution in [-0.4, -0.2) is 5.97 Å². The first-order valence-corrected chi connectivity index (χ1v) is 6.43. The number of ether oxygens (including phenoxy) is 1. The molecular weight excluding hydrogens is 232 g/mol. The van der Waals surface area contributed by atoms with E-state index in [9.17, 15) is 4.79 Å². The van der Waals surface area contributed by atoms with E-state index in [-0.39, 0.29) is 5.97 Å². The molecule has 0 unspecified atom stereocenters. The lowest BCUT2D eigenvalue weighted by atomic mass is 9.93. The predicted molar refractivity (Wildman–Crippen MR) is 68.2 cm³/mol. The van der Waals surface area contributed by atoms with Crippen LogP contribution >= 0.6 is 11.3 Å². The van der Waals surface area contributed by atoms with Crippen LogP contribution in [0.1, 0.15) is 29.8 Å². The Kier molecular flexibility index (Phi) is 2.13. The van der Waals surface area contributed by atoms with Crippen LogP contribution in [0.15, 0.2) is 35.0 Å². The second kappa shape index (κ2) is 3.44. The highest BCUT2D eigenvalue weighted by atomic mass is 32.1. The fourth-order valence-corrected chi connectivity index (χ4v) is 2.84. The summed E-state index contributed by atoms with van der Waals surface area (Å²) < 4.78 is 5.36. The fourth-order valence-electron chi connectivity index (χ4n) is 2.17. The molecule has 0 saturated carbocycles. The maximum atomic E-state index is 11.7. The minimum atomic E-state index is -0.515. The minimum absolute atomic E-state index is 0.220. The molecule has 17 heavy (non-hydrogen) atoms. The Morgan fingerprint density at radius 2 is 2.00 bits per heavy atom. The van der Waals surface area contributed by atoms with E-state index in [2.05, 4.69) is 22.9 Å². The number of rotatable bonds is 1. The van der Waals surface area contributed by atoms with E-state index in [1.165, 1.54) is 5.56 Å². The third-order valence-corrected chi connectivity index (χ3v) is 3.77. The third kappa shape index (κ3) is 1.58. The van der Waals surface area contributed by atoms with E-state index in [0.717, 1.165) is 11.1 Å². The lowest BCUT2D eigenvalue weighted by molar-refractivity contribution is 0.00955. The van der Waals surface area contributed by atoms with Crippen LogP contribution in [-0.2, 0) is 10.3 Å². The Hall–Kier alpha value is -1.61. The van der Waals surface area contributed by atoms with Crippen LogP contribution in [0.2, 0.25) is 0 Å². The number of benzene rings is 1. The maximum absolute atomic E-state index is 11.7. The molecule has 1 aromatic heterocycles. The molecule has 86 valence electrons. The van der Waals surface area contributed by atoms with E-state index in [1.54, 1.807) is 11.3 Å². The van der Waals surface area contributed by atoms with Gasteiger partial charge in [-0.25, -0.2) is 4.79 Å². The Labute approximate surface area is 104 Å². The largest absolute Gasteiger partial charge is 0.451 e. The number of hydrogen-bond donors (Lipinski definition) is 0. The molecule has 3 rings (SSSR count).